The molecule has 2 heteroatoms. The molecular formula is C11H14O2. The van der Waals surface area contributed by atoms with Gasteiger partial charge in [-0.3, -0.25) is 0 Å². The van der Waals surface area contributed by atoms with E-state index in [0.29, 0.717) is 5.76 Å². The minimum Gasteiger partial charge on any atom is -0.470 e. The van der Waals surface area contributed by atoms with E-state index >= 15 is 0 Å². The summed E-state index contributed by atoms with van der Waals surface area (Å²) < 4.78 is 10.4. The lowest BCUT2D eigenvalue weighted by Crippen LogP contribution is -2.19. The van der Waals surface area contributed by atoms with Crippen LogP contribution in [0.4, 0.5) is 0 Å². The Balaban J connectivity index is 2.88. The second-order valence-electron chi connectivity index (χ2n) is 3.31. The first-order valence-electron chi connectivity index (χ1n) is 4.10. The van der Waals surface area contributed by atoms with Crippen molar-refractivity contribution in [2.45, 2.75) is 19.3 Å². The van der Waals surface area contributed by atoms with Crippen LogP contribution in [0.1, 0.15) is 19.6 Å². The monoisotopic (exact) mass is 178 g/mol. The Morgan fingerprint density at radius 3 is 2.77 bits per heavy atom. The Labute approximate surface area is 78.5 Å². The summed E-state index contributed by atoms with van der Waals surface area (Å²) >= 11 is 0. The Morgan fingerprint density at radius 2 is 2.31 bits per heavy atom. The van der Waals surface area contributed by atoms with E-state index in [1.165, 1.54) is 6.26 Å². The Kier molecular flexibility index (Phi) is 2.61. The van der Waals surface area contributed by atoms with Gasteiger partial charge >= 0.3 is 0 Å². The summed E-state index contributed by atoms with van der Waals surface area (Å²) in [4.78, 5) is 0. The molecule has 0 radical (unpaired) electrons. The van der Waals surface area contributed by atoms with Crippen molar-refractivity contribution in [3.05, 3.63) is 49.3 Å². The summed E-state index contributed by atoms with van der Waals surface area (Å²) in [5.74, 6) is 1.46. The van der Waals surface area contributed by atoms with Crippen LogP contribution < -0.4 is 0 Å². The average Bonchev–Trinajstić information content (AvgIpc) is 2.56. The number of hydrogen-bond donors (Lipinski definition) is 0. The van der Waals surface area contributed by atoms with Gasteiger partial charge in [-0.1, -0.05) is 13.2 Å². The number of rotatable bonds is 4. The van der Waals surface area contributed by atoms with Crippen molar-refractivity contribution in [2.75, 3.05) is 0 Å². The molecule has 1 aromatic heterocycles. The fourth-order valence-corrected chi connectivity index (χ4v) is 1.02. The highest BCUT2D eigenvalue weighted by Crippen LogP contribution is 2.31. The molecule has 0 N–H and O–H groups in total. The maximum absolute atomic E-state index is 5.29. The third-order valence-corrected chi connectivity index (χ3v) is 2.06. The summed E-state index contributed by atoms with van der Waals surface area (Å²) in [5.41, 5.74) is -0.322. The van der Waals surface area contributed by atoms with Crippen LogP contribution in [-0.4, -0.2) is 0 Å². The average molecular weight is 178 g/mol. The van der Waals surface area contributed by atoms with Crippen LogP contribution in [0.5, 0.6) is 0 Å². The van der Waals surface area contributed by atoms with Gasteiger partial charge in [0.2, 0.25) is 0 Å². The van der Waals surface area contributed by atoms with Crippen molar-refractivity contribution in [1.82, 2.24) is 0 Å². The minimum absolute atomic E-state index is 0.322. The number of ether oxygens (including phenoxy) is 1. The molecule has 2 nitrogen and oxygen atoms in total. The van der Waals surface area contributed by atoms with Crippen LogP contribution in [0.2, 0.25) is 0 Å². The molecule has 13 heavy (non-hydrogen) atoms. The van der Waals surface area contributed by atoms with Gasteiger partial charge in [-0.15, -0.1) is 0 Å². The van der Waals surface area contributed by atoms with Gasteiger partial charge in [0.25, 0.3) is 0 Å². The molecule has 1 rings (SSSR count). The minimum atomic E-state index is -0.322. The molecule has 0 unspecified atom stereocenters. The predicted molar refractivity (Wildman–Crippen MR) is 52.2 cm³/mol. The highest BCUT2D eigenvalue weighted by molar-refractivity contribution is 5.22. The summed E-state index contributed by atoms with van der Waals surface area (Å²) in [6.45, 7) is 11.3. The molecule has 0 fully saturated rings. The molecule has 0 saturated carbocycles. The topological polar surface area (TPSA) is 22.4 Å². The van der Waals surface area contributed by atoms with Gasteiger partial charge in [0.05, 0.1) is 17.9 Å². The van der Waals surface area contributed by atoms with Gasteiger partial charge in [0.15, 0.2) is 0 Å². The van der Waals surface area contributed by atoms with E-state index in [4.69, 9.17) is 9.15 Å². The molecular weight excluding hydrogens is 164 g/mol. The zero-order valence-corrected chi connectivity index (χ0v) is 8.04. The smallest absolute Gasteiger partial charge is 0.116 e. The second kappa shape index (κ2) is 3.52. The van der Waals surface area contributed by atoms with Crippen molar-refractivity contribution >= 4 is 0 Å². The normalized spacial score (nSPS) is 10.9. The van der Waals surface area contributed by atoms with Gasteiger partial charge in [0, 0.05) is 0 Å². The van der Waals surface area contributed by atoms with Gasteiger partial charge in [-0.25, -0.2) is 0 Å². The lowest BCUT2D eigenvalue weighted by Gasteiger charge is -2.23. The summed E-state index contributed by atoms with van der Waals surface area (Å²) in [5, 5.41) is 0. The van der Waals surface area contributed by atoms with E-state index in [1.807, 2.05) is 26.0 Å². The van der Waals surface area contributed by atoms with Gasteiger partial charge in [-0.2, -0.15) is 0 Å². The largest absolute Gasteiger partial charge is 0.470 e. The van der Waals surface area contributed by atoms with Crippen LogP contribution in [-0.2, 0) is 10.2 Å². The predicted octanol–water partition coefficient (Wildman–Crippen LogP) is 3.23. The molecule has 0 bridgehead atoms. The Bertz CT molecular complexity index is 294. The molecule has 1 heterocycles. The van der Waals surface area contributed by atoms with E-state index in [1.54, 1.807) is 6.26 Å². The van der Waals surface area contributed by atoms with Crippen LogP contribution in [0.3, 0.4) is 0 Å². The molecule has 0 aromatic carbocycles. The maximum Gasteiger partial charge on any atom is 0.116 e. The van der Waals surface area contributed by atoms with Crippen LogP contribution in [0.15, 0.2) is 48.0 Å². The van der Waals surface area contributed by atoms with Gasteiger partial charge in [-0.05, 0) is 26.0 Å². The highest BCUT2D eigenvalue weighted by Gasteiger charge is 2.28. The van der Waals surface area contributed by atoms with Crippen molar-refractivity contribution in [3.63, 3.8) is 0 Å². The molecule has 0 amide bonds. The lowest BCUT2D eigenvalue weighted by atomic mass is 9.88. The van der Waals surface area contributed by atoms with E-state index in [9.17, 15) is 0 Å². The fraction of sp³-hybridized carbons (Fsp3) is 0.273. The third-order valence-electron chi connectivity index (χ3n) is 2.06. The van der Waals surface area contributed by atoms with E-state index in [2.05, 4.69) is 13.2 Å². The summed E-state index contributed by atoms with van der Waals surface area (Å²) in [7, 11) is 0. The number of furan rings is 1. The van der Waals surface area contributed by atoms with E-state index < -0.39 is 0 Å². The fourth-order valence-electron chi connectivity index (χ4n) is 1.02. The second-order valence-corrected chi connectivity index (χ2v) is 3.31. The third kappa shape index (κ3) is 1.83. The van der Waals surface area contributed by atoms with Gasteiger partial charge < -0.3 is 9.15 Å². The SMILES string of the molecule is C=COC(=C)C(C)(C)c1ccco1. The maximum atomic E-state index is 5.29. The van der Waals surface area contributed by atoms with E-state index in [-0.39, 0.29) is 5.41 Å². The Hall–Kier alpha value is -1.44. The molecule has 1 aromatic rings. The molecule has 70 valence electrons. The van der Waals surface area contributed by atoms with E-state index in [0.717, 1.165) is 5.76 Å². The lowest BCUT2D eigenvalue weighted by molar-refractivity contribution is 0.261. The van der Waals surface area contributed by atoms with Crippen molar-refractivity contribution in [3.8, 4) is 0 Å². The van der Waals surface area contributed by atoms with Crippen molar-refractivity contribution in [1.29, 1.82) is 0 Å². The highest BCUT2D eigenvalue weighted by atomic mass is 16.5. The number of hydrogen-bond acceptors (Lipinski definition) is 2. The van der Waals surface area contributed by atoms with Crippen LogP contribution >= 0.6 is 0 Å². The summed E-state index contributed by atoms with van der Waals surface area (Å²) in [6, 6.07) is 3.75. The molecule has 0 spiro atoms. The zero-order valence-electron chi connectivity index (χ0n) is 8.04. The first-order chi connectivity index (χ1) is 6.09. The van der Waals surface area contributed by atoms with Crippen molar-refractivity contribution < 1.29 is 9.15 Å². The molecule has 0 aliphatic heterocycles. The summed E-state index contributed by atoms with van der Waals surface area (Å²) in [6.07, 6.45) is 3.01. The quantitative estimate of drug-likeness (QED) is 0.660. The molecule has 0 aliphatic carbocycles. The zero-order chi connectivity index (χ0) is 9.90. The van der Waals surface area contributed by atoms with Crippen molar-refractivity contribution in [2.24, 2.45) is 0 Å². The molecule has 0 saturated heterocycles. The molecule has 0 aliphatic rings. The van der Waals surface area contributed by atoms with Crippen LogP contribution in [0, 0.1) is 0 Å². The standard InChI is InChI=1S/C11H14O2/c1-5-12-9(2)11(3,4)10-7-6-8-13-10/h5-8H,1-2H2,3-4H3. The van der Waals surface area contributed by atoms with Crippen LogP contribution in [0.25, 0.3) is 0 Å². The van der Waals surface area contributed by atoms with Gasteiger partial charge in [0.1, 0.15) is 11.5 Å². The Morgan fingerprint density at radius 1 is 1.62 bits per heavy atom. The molecule has 0 atom stereocenters. The number of allylic oxidation sites excluding steroid dienone is 1. The first kappa shape index (κ1) is 9.65. The first-order valence-corrected chi connectivity index (χ1v) is 4.10.